The van der Waals surface area contributed by atoms with Crippen molar-refractivity contribution in [2.24, 2.45) is 0 Å². The zero-order chi connectivity index (χ0) is 21.6. The first-order chi connectivity index (χ1) is 15.1. The van der Waals surface area contributed by atoms with Crippen molar-refractivity contribution in [3.63, 3.8) is 0 Å². The molecule has 0 spiro atoms. The second-order valence-corrected chi connectivity index (χ2v) is 8.56. The summed E-state index contributed by atoms with van der Waals surface area (Å²) in [7, 11) is 1.65. The van der Waals surface area contributed by atoms with Gasteiger partial charge < -0.3 is 15.4 Å². The van der Waals surface area contributed by atoms with E-state index < -0.39 is 0 Å². The van der Waals surface area contributed by atoms with Gasteiger partial charge in [0, 0.05) is 40.8 Å². The predicted octanol–water partition coefficient (Wildman–Crippen LogP) is 5.37. The number of aromatic nitrogens is 1. The first-order valence-electron chi connectivity index (χ1n) is 10.8. The fourth-order valence-corrected chi connectivity index (χ4v) is 4.37. The summed E-state index contributed by atoms with van der Waals surface area (Å²) < 4.78 is 5.17. The number of ether oxygens (including phenoxy) is 1. The molecule has 2 aromatic carbocycles. The number of carbonyl (C=O) groups is 1. The molecule has 0 unspecified atom stereocenters. The Morgan fingerprint density at radius 2 is 1.81 bits per heavy atom. The molecule has 0 radical (unpaired) electrons. The Balaban J connectivity index is 1.24. The number of hydrogen-bond donors (Lipinski definition) is 2. The van der Waals surface area contributed by atoms with Crippen LogP contribution in [0.1, 0.15) is 37.7 Å². The van der Waals surface area contributed by atoms with Gasteiger partial charge in [0.25, 0.3) is 0 Å². The Labute approximate surface area is 188 Å². The number of pyridine rings is 1. The van der Waals surface area contributed by atoms with Crippen molar-refractivity contribution < 1.29 is 9.53 Å². The minimum Gasteiger partial charge on any atom is -0.497 e. The van der Waals surface area contributed by atoms with Gasteiger partial charge >= 0.3 is 0 Å². The van der Waals surface area contributed by atoms with Crippen LogP contribution in [0.2, 0.25) is 5.02 Å². The van der Waals surface area contributed by atoms with E-state index in [1.807, 2.05) is 54.7 Å². The molecule has 1 aliphatic carbocycles. The molecule has 1 heterocycles. The predicted molar refractivity (Wildman–Crippen MR) is 126 cm³/mol. The number of aryl methyl sites for hydroxylation is 1. The van der Waals surface area contributed by atoms with Crippen molar-refractivity contribution in [2.45, 2.75) is 50.6 Å². The number of rotatable bonds is 7. The highest BCUT2D eigenvalue weighted by atomic mass is 35.5. The Hall–Kier alpha value is -2.79. The van der Waals surface area contributed by atoms with Gasteiger partial charge in [-0.3, -0.25) is 9.78 Å². The summed E-state index contributed by atoms with van der Waals surface area (Å²) in [6, 6.07) is 16.4. The molecule has 1 amide bonds. The Bertz CT molecular complexity index is 1030. The Morgan fingerprint density at radius 1 is 1.06 bits per heavy atom. The van der Waals surface area contributed by atoms with Crippen molar-refractivity contribution in [1.29, 1.82) is 0 Å². The summed E-state index contributed by atoms with van der Waals surface area (Å²) in [4.78, 5) is 16.8. The van der Waals surface area contributed by atoms with E-state index in [1.165, 1.54) is 0 Å². The normalized spacial score (nSPS) is 18.5. The number of nitrogens with zero attached hydrogens (tertiary/aromatic N) is 1. The smallest absolute Gasteiger partial charge is 0.220 e. The summed E-state index contributed by atoms with van der Waals surface area (Å²) in [5, 5.41) is 8.66. The highest BCUT2D eigenvalue weighted by Crippen LogP contribution is 2.28. The molecule has 0 atom stereocenters. The fourth-order valence-electron chi connectivity index (χ4n) is 4.20. The molecule has 3 aromatic rings. The first-order valence-corrected chi connectivity index (χ1v) is 11.2. The number of anilines is 1. The number of fused-ring (bicyclic) bond motifs is 1. The highest BCUT2D eigenvalue weighted by molar-refractivity contribution is 6.31. The Morgan fingerprint density at radius 3 is 2.55 bits per heavy atom. The molecule has 1 aliphatic rings. The number of halogens is 1. The molecule has 0 saturated heterocycles. The van der Waals surface area contributed by atoms with Crippen molar-refractivity contribution in [1.82, 2.24) is 10.3 Å². The third-order valence-electron chi connectivity index (χ3n) is 5.96. The van der Waals surface area contributed by atoms with Gasteiger partial charge in [0.05, 0.1) is 12.6 Å². The van der Waals surface area contributed by atoms with E-state index >= 15 is 0 Å². The van der Waals surface area contributed by atoms with Crippen molar-refractivity contribution in [3.8, 4) is 5.75 Å². The van der Waals surface area contributed by atoms with Crippen LogP contribution in [0.25, 0.3) is 10.9 Å². The van der Waals surface area contributed by atoms with Gasteiger partial charge in [0.15, 0.2) is 0 Å². The molecular weight excluding hydrogens is 410 g/mol. The van der Waals surface area contributed by atoms with Crippen LogP contribution in [0.3, 0.4) is 0 Å². The molecule has 4 rings (SSSR count). The highest BCUT2D eigenvalue weighted by Gasteiger charge is 2.22. The number of benzene rings is 2. The lowest BCUT2D eigenvalue weighted by molar-refractivity contribution is -0.122. The molecular formula is C25H28ClN3O2. The lowest BCUT2D eigenvalue weighted by Crippen LogP contribution is -2.40. The summed E-state index contributed by atoms with van der Waals surface area (Å²) >= 11 is 6.09. The molecule has 2 N–H and O–H groups in total. The maximum Gasteiger partial charge on any atom is 0.220 e. The molecule has 162 valence electrons. The van der Waals surface area contributed by atoms with Crippen LogP contribution < -0.4 is 15.4 Å². The van der Waals surface area contributed by atoms with E-state index in [0.717, 1.165) is 60.0 Å². The molecule has 1 fully saturated rings. The standard InChI is InChI=1S/C25H28ClN3O2/c1-31-21-10-2-17(3-11-21)4-13-25(30)29-20-8-6-19(7-9-20)28-23-14-15-27-24-16-18(26)5-12-22(23)24/h2-3,5,10-12,14-16,19-20H,4,6-9,13H2,1H3,(H,27,28)(H,29,30). The van der Waals surface area contributed by atoms with Crippen molar-refractivity contribution in [2.75, 3.05) is 12.4 Å². The quantitative estimate of drug-likeness (QED) is 0.521. The van der Waals surface area contributed by atoms with Gasteiger partial charge in [-0.25, -0.2) is 0 Å². The molecule has 5 nitrogen and oxygen atoms in total. The summed E-state index contributed by atoms with van der Waals surface area (Å²) in [5.74, 6) is 0.964. The molecule has 0 aliphatic heterocycles. The van der Waals surface area contributed by atoms with Gasteiger partial charge in [-0.15, -0.1) is 0 Å². The fraction of sp³-hybridized carbons (Fsp3) is 0.360. The van der Waals surface area contributed by atoms with Crippen LogP contribution in [0, 0.1) is 0 Å². The van der Waals surface area contributed by atoms with Gasteiger partial charge in [0.2, 0.25) is 5.91 Å². The second kappa shape index (κ2) is 10.0. The second-order valence-electron chi connectivity index (χ2n) is 8.13. The summed E-state index contributed by atoms with van der Waals surface area (Å²) in [5.41, 5.74) is 3.14. The average molecular weight is 438 g/mol. The maximum absolute atomic E-state index is 12.4. The number of methoxy groups -OCH3 is 1. The van der Waals surface area contributed by atoms with Gasteiger partial charge in [-0.1, -0.05) is 23.7 Å². The van der Waals surface area contributed by atoms with Crippen LogP contribution in [-0.4, -0.2) is 30.1 Å². The van der Waals surface area contributed by atoms with Crippen LogP contribution in [0.4, 0.5) is 5.69 Å². The minimum atomic E-state index is 0.129. The zero-order valence-corrected chi connectivity index (χ0v) is 18.5. The van der Waals surface area contributed by atoms with E-state index in [-0.39, 0.29) is 11.9 Å². The van der Waals surface area contributed by atoms with E-state index in [2.05, 4.69) is 15.6 Å². The van der Waals surface area contributed by atoms with Crippen LogP contribution in [-0.2, 0) is 11.2 Å². The average Bonchev–Trinajstić information content (AvgIpc) is 2.79. The SMILES string of the molecule is COc1ccc(CCC(=O)NC2CCC(Nc3ccnc4cc(Cl)ccc34)CC2)cc1. The first kappa shape index (κ1) is 21.4. The van der Waals surface area contributed by atoms with E-state index in [0.29, 0.717) is 17.5 Å². The van der Waals surface area contributed by atoms with Gasteiger partial charge in [0.1, 0.15) is 5.75 Å². The van der Waals surface area contributed by atoms with Crippen molar-refractivity contribution >= 4 is 34.1 Å². The molecule has 1 aromatic heterocycles. The minimum absolute atomic E-state index is 0.129. The molecule has 6 heteroatoms. The third-order valence-corrected chi connectivity index (χ3v) is 6.19. The topological polar surface area (TPSA) is 63.2 Å². The maximum atomic E-state index is 12.4. The van der Waals surface area contributed by atoms with E-state index in [4.69, 9.17) is 16.3 Å². The largest absolute Gasteiger partial charge is 0.497 e. The summed E-state index contributed by atoms with van der Waals surface area (Å²) in [6.07, 6.45) is 7.10. The van der Waals surface area contributed by atoms with Crippen LogP contribution in [0.5, 0.6) is 5.75 Å². The number of carbonyl (C=O) groups excluding carboxylic acids is 1. The lowest BCUT2D eigenvalue weighted by Gasteiger charge is -2.30. The lowest BCUT2D eigenvalue weighted by atomic mass is 9.90. The van der Waals surface area contributed by atoms with Gasteiger partial charge in [-0.2, -0.15) is 0 Å². The molecule has 31 heavy (non-hydrogen) atoms. The number of hydrogen-bond acceptors (Lipinski definition) is 4. The summed E-state index contributed by atoms with van der Waals surface area (Å²) in [6.45, 7) is 0. The zero-order valence-electron chi connectivity index (χ0n) is 17.7. The third kappa shape index (κ3) is 5.67. The van der Waals surface area contributed by atoms with Crippen LogP contribution in [0.15, 0.2) is 54.7 Å². The van der Waals surface area contributed by atoms with Gasteiger partial charge in [-0.05, 0) is 74.1 Å². The van der Waals surface area contributed by atoms with Crippen LogP contribution >= 0.6 is 11.6 Å². The molecule has 1 saturated carbocycles. The number of nitrogens with one attached hydrogen (secondary N) is 2. The monoisotopic (exact) mass is 437 g/mol. The molecule has 0 bridgehead atoms. The number of amides is 1. The van der Waals surface area contributed by atoms with E-state index in [9.17, 15) is 4.79 Å². The Kier molecular flexibility index (Phi) is 6.92. The van der Waals surface area contributed by atoms with E-state index in [1.54, 1.807) is 7.11 Å². The van der Waals surface area contributed by atoms with Crippen molar-refractivity contribution in [3.05, 3.63) is 65.3 Å².